The van der Waals surface area contributed by atoms with E-state index in [-0.39, 0.29) is 5.78 Å². The van der Waals surface area contributed by atoms with Crippen molar-refractivity contribution in [2.75, 3.05) is 37.8 Å². The molecule has 4 rings (SSSR count). The van der Waals surface area contributed by atoms with Crippen LogP contribution in [0.5, 0.6) is 0 Å². The summed E-state index contributed by atoms with van der Waals surface area (Å²) in [5.41, 5.74) is 4.79. The number of ketones is 1. The van der Waals surface area contributed by atoms with Gasteiger partial charge in [-0.25, -0.2) is 4.98 Å². The molecule has 0 radical (unpaired) electrons. The highest BCUT2D eigenvalue weighted by Gasteiger charge is 2.14. The van der Waals surface area contributed by atoms with Gasteiger partial charge in [-0.15, -0.1) is 9.24 Å². The van der Waals surface area contributed by atoms with Crippen molar-refractivity contribution in [2.45, 2.75) is 6.92 Å². The highest BCUT2D eigenvalue weighted by Crippen LogP contribution is 2.33. The number of carbonyl (C=O) groups is 1. The Morgan fingerprint density at radius 2 is 1.85 bits per heavy atom. The Labute approximate surface area is 207 Å². The molecule has 0 saturated carbocycles. The van der Waals surface area contributed by atoms with E-state index < -0.39 is 0 Å². The smallest absolute Gasteiger partial charge is 0.163 e. The van der Waals surface area contributed by atoms with Crippen LogP contribution in [0.1, 0.15) is 17.3 Å². The van der Waals surface area contributed by atoms with Gasteiger partial charge in [-0.1, -0.05) is 17.7 Å². The molecule has 0 amide bonds. The van der Waals surface area contributed by atoms with Crippen molar-refractivity contribution >= 4 is 60.0 Å². The summed E-state index contributed by atoms with van der Waals surface area (Å²) in [6.45, 7) is 3.27. The minimum absolute atomic E-state index is 0.0627. The molecule has 0 bridgehead atoms. The average Bonchev–Trinajstić information content (AvgIpc) is 2.79. The van der Waals surface area contributed by atoms with E-state index in [1.54, 1.807) is 19.3 Å². The molecule has 1 atom stereocenters. The number of anilines is 3. The molecule has 34 heavy (non-hydrogen) atoms. The monoisotopic (exact) mass is 491 g/mol. The number of hydrogen-bond donors (Lipinski definition) is 2. The maximum atomic E-state index is 12.4. The molecule has 6 nitrogen and oxygen atoms in total. The fraction of sp³-hybridized carbons (Fsp3) is 0.192. The maximum absolute atomic E-state index is 12.4. The standard InChI is InChI=1S/C26H27ClN5OP/c1-16(33)23-15-29-24-6-4-17(18-10-19(27)13-21(34)11-18)12-22(24)26(23)31-20-5-7-25(30-14-20)28-8-9-32(2)3/h4-7,10-15H,8-9,34H2,1-3H3,(H,28,30)(H,29,31). The maximum Gasteiger partial charge on any atom is 0.163 e. The molecule has 0 spiro atoms. The summed E-state index contributed by atoms with van der Waals surface area (Å²) in [6, 6.07) is 15.8. The lowest BCUT2D eigenvalue weighted by atomic mass is 10.00. The molecule has 0 aliphatic heterocycles. The highest BCUT2D eigenvalue weighted by molar-refractivity contribution is 7.27. The average molecular weight is 492 g/mol. The van der Waals surface area contributed by atoms with Crippen LogP contribution < -0.4 is 15.9 Å². The van der Waals surface area contributed by atoms with Gasteiger partial charge in [0, 0.05) is 29.7 Å². The quantitative estimate of drug-likeness (QED) is 0.255. The fourth-order valence-electron chi connectivity index (χ4n) is 3.68. The number of pyridine rings is 2. The number of halogens is 1. The molecule has 0 aliphatic rings. The largest absolute Gasteiger partial charge is 0.369 e. The summed E-state index contributed by atoms with van der Waals surface area (Å²) in [6.07, 6.45) is 3.38. The summed E-state index contributed by atoms with van der Waals surface area (Å²) in [5.74, 6) is 0.738. The lowest BCUT2D eigenvalue weighted by Crippen LogP contribution is -2.21. The van der Waals surface area contributed by atoms with E-state index in [0.717, 1.165) is 51.9 Å². The number of nitrogens with one attached hydrogen (secondary N) is 2. The van der Waals surface area contributed by atoms with Gasteiger partial charge < -0.3 is 15.5 Å². The van der Waals surface area contributed by atoms with E-state index in [2.05, 4.69) is 40.8 Å². The van der Waals surface area contributed by atoms with Crippen molar-refractivity contribution in [3.05, 3.63) is 71.5 Å². The van der Waals surface area contributed by atoms with Gasteiger partial charge in [0.2, 0.25) is 0 Å². The predicted octanol–water partition coefficient (Wildman–Crippen LogP) is 5.37. The van der Waals surface area contributed by atoms with Gasteiger partial charge >= 0.3 is 0 Å². The number of carbonyl (C=O) groups excluding carboxylic acids is 1. The Kier molecular flexibility index (Phi) is 7.42. The number of benzene rings is 2. The number of fused-ring (bicyclic) bond motifs is 1. The van der Waals surface area contributed by atoms with E-state index >= 15 is 0 Å². The van der Waals surface area contributed by atoms with Crippen LogP contribution in [0.25, 0.3) is 22.0 Å². The molecular formula is C26H27ClN5OP. The lowest BCUT2D eigenvalue weighted by Gasteiger charge is -2.15. The van der Waals surface area contributed by atoms with Gasteiger partial charge in [0.25, 0.3) is 0 Å². The number of aromatic nitrogens is 2. The summed E-state index contributed by atoms with van der Waals surface area (Å²) < 4.78 is 0. The van der Waals surface area contributed by atoms with Crippen molar-refractivity contribution in [3.8, 4) is 11.1 Å². The molecule has 4 aromatic rings. The molecule has 0 aliphatic carbocycles. The number of nitrogens with zero attached hydrogens (tertiary/aromatic N) is 3. The summed E-state index contributed by atoms with van der Waals surface area (Å²) in [4.78, 5) is 23.6. The van der Waals surface area contributed by atoms with Crippen molar-refractivity contribution in [3.63, 3.8) is 0 Å². The third-order valence-electron chi connectivity index (χ3n) is 5.40. The van der Waals surface area contributed by atoms with E-state index in [4.69, 9.17) is 11.6 Å². The van der Waals surface area contributed by atoms with Crippen LogP contribution in [-0.4, -0.2) is 47.8 Å². The Balaban J connectivity index is 1.71. The Morgan fingerprint density at radius 1 is 1.03 bits per heavy atom. The highest BCUT2D eigenvalue weighted by atomic mass is 35.5. The first kappa shape index (κ1) is 24.1. The fourth-order valence-corrected chi connectivity index (χ4v) is 4.39. The first-order chi connectivity index (χ1) is 16.3. The SMILES string of the molecule is CC(=O)c1cnc2ccc(-c3cc(P)cc(Cl)c3)cc2c1Nc1ccc(NCCN(C)C)nc1. The van der Waals surface area contributed by atoms with Gasteiger partial charge in [0.15, 0.2) is 5.78 Å². The summed E-state index contributed by atoms with van der Waals surface area (Å²) in [5, 5.41) is 9.23. The molecule has 2 aromatic heterocycles. The van der Waals surface area contributed by atoms with Crippen LogP contribution in [0.3, 0.4) is 0 Å². The Morgan fingerprint density at radius 3 is 2.53 bits per heavy atom. The van der Waals surface area contributed by atoms with Crippen LogP contribution in [0.4, 0.5) is 17.2 Å². The van der Waals surface area contributed by atoms with Gasteiger partial charge in [0.05, 0.1) is 28.7 Å². The second kappa shape index (κ2) is 10.5. The molecule has 0 saturated heterocycles. The molecule has 2 aromatic carbocycles. The molecule has 1 unspecified atom stereocenters. The second-order valence-corrected chi connectivity index (χ2v) is 9.50. The summed E-state index contributed by atoms with van der Waals surface area (Å²) in [7, 11) is 6.75. The van der Waals surface area contributed by atoms with Crippen LogP contribution >= 0.6 is 20.8 Å². The van der Waals surface area contributed by atoms with Crippen LogP contribution in [0, 0.1) is 0 Å². The normalized spacial score (nSPS) is 11.1. The number of rotatable bonds is 8. The van der Waals surface area contributed by atoms with Gasteiger partial charge in [-0.2, -0.15) is 0 Å². The van der Waals surface area contributed by atoms with Crippen LogP contribution in [0.15, 0.2) is 60.9 Å². The molecular weight excluding hydrogens is 465 g/mol. The van der Waals surface area contributed by atoms with E-state index in [1.165, 1.54) is 0 Å². The van der Waals surface area contributed by atoms with E-state index in [9.17, 15) is 4.79 Å². The first-order valence-electron chi connectivity index (χ1n) is 10.9. The van der Waals surface area contributed by atoms with E-state index in [1.807, 2.05) is 56.6 Å². The van der Waals surface area contributed by atoms with Crippen molar-refractivity contribution in [1.29, 1.82) is 0 Å². The number of likely N-dealkylation sites (N-methyl/N-ethyl adjacent to an activating group) is 1. The van der Waals surface area contributed by atoms with Crippen molar-refractivity contribution in [2.24, 2.45) is 0 Å². The Hall–Kier alpha value is -3.05. The zero-order chi connectivity index (χ0) is 24.2. The van der Waals surface area contributed by atoms with Gasteiger partial charge in [-0.3, -0.25) is 9.78 Å². The zero-order valence-corrected chi connectivity index (χ0v) is 21.3. The van der Waals surface area contributed by atoms with Crippen molar-refractivity contribution in [1.82, 2.24) is 14.9 Å². The number of Topliss-reactive ketones (excluding diaryl/α,β-unsaturated/α-hetero) is 1. The van der Waals surface area contributed by atoms with E-state index in [0.29, 0.717) is 16.3 Å². The summed E-state index contributed by atoms with van der Waals surface area (Å²) >= 11 is 6.29. The Bertz CT molecular complexity index is 1320. The minimum atomic E-state index is -0.0627. The second-order valence-electron chi connectivity index (χ2n) is 8.40. The molecule has 8 heteroatoms. The van der Waals surface area contributed by atoms with Crippen LogP contribution in [0.2, 0.25) is 5.02 Å². The topological polar surface area (TPSA) is 70.2 Å². The third-order valence-corrected chi connectivity index (χ3v) is 5.95. The predicted molar refractivity (Wildman–Crippen MR) is 146 cm³/mol. The third kappa shape index (κ3) is 5.71. The molecule has 2 heterocycles. The number of hydrogen-bond acceptors (Lipinski definition) is 6. The van der Waals surface area contributed by atoms with Crippen molar-refractivity contribution < 1.29 is 4.79 Å². The zero-order valence-electron chi connectivity index (χ0n) is 19.4. The first-order valence-corrected chi connectivity index (χ1v) is 11.9. The lowest BCUT2D eigenvalue weighted by molar-refractivity contribution is 0.101. The van der Waals surface area contributed by atoms with Crippen LogP contribution in [-0.2, 0) is 0 Å². The molecule has 2 N–H and O–H groups in total. The molecule has 0 fully saturated rings. The molecule has 174 valence electrons. The van der Waals surface area contributed by atoms with Gasteiger partial charge in [0.1, 0.15) is 5.82 Å². The minimum Gasteiger partial charge on any atom is -0.369 e. The van der Waals surface area contributed by atoms with Gasteiger partial charge in [-0.05, 0) is 79.9 Å².